The van der Waals surface area contributed by atoms with E-state index in [0.717, 1.165) is 32.2 Å². The fraction of sp³-hybridized carbons (Fsp3) is 0.467. The topological polar surface area (TPSA) is 78.6 Å². The van der Waals surface area contributed by atoms with Crippen molar-refractivity contribution < 1.29 is 14.4 Å². The normalized spacial score (nSPS) is 17.1. The summed E-state index contributed by atoms with van der Waals surface area (Å²) in [5, 5.41) is 24.2. The van der Waals surface area contributed by atoms with Crippen LogP contribution in [0.1, 0.15) is 24.4 Å². The number of allylic oxidation sites excluding steroid dienone is 1. The van der Waals surface area contributed by atoms with Crippen molar-refractivity contribution in [2.24, 2.45) is 0 Å². The Morgan fingerprint density at radius 2 is 2.18 bits per heavy atom. The van der Waals surface area contributed by atoms with E-state index in [0.29, 0.717) is 12.8 Å². The number of benzene rings is 1. The molecule has 2 rings (SSSR count). The molecule has 120 valence electrons. The third-order valence-corrected chi connectivity index (χ3v) is 3.88. The largest absolute Gasteiger partial charge is 0.505 e. The van der Waals surface area contributed by atoms with Crippen LogP contribution in [0.25, 0.3) is 0 Å². The lowest BCUT2D eigenvalue weighted by Gasteiger charge is -2.35. The van der Waals surface area contributed by atoms with Crippen molar-refractivity contribution in [1.29, 1.82) is 0 Å². The minimum atomic E-state index is -0.956. The summed E-state index contributed by atoms with van der Waals surface area (Å²) in [5.74, 6) is -1.46. The first-order valence-corrected chi connectivity index (χ1v) is 7.27. The van der Waals surface area contributed by atoms with E-state index in [1.807, 2.05) is 0 Å². The molecule has 1 aliphatic heterocycles. The van der Waals surface area contributed by atoms with E-state index >= 15 is 0 Å². The molecule has 0 aliphatic carbocycles. The highest BCUT2D eigenvalue weighted by atomic mass is 19.1. The zero-order chi connectivity index (χ0) is 16.1. The summed E-state index contributed by atoms with van der Waals surface area (Å²) >= 11 is 0. The number of piperazine rings is 1. The Labute approximate surface area is 128 Å². The molecule has 0 aromatic heterocycles. The van der Waals surface area contributed by atoms with E-state index in [9.17, 15) is 19.6 Å². The number of aromatic hydroxyl groups is 1. The highest BCUT2D eigenvalue weighted by Gasteiger charge is 2.27. The fourth-order valence-electron chi connectivity index (χ4n) is 2.77. The second-order valence-corrected chi connectivity index (χ2v) is 5.29. The minimum Gasteiger partial charge on any atom is -0.505 e. The number of nitrogens with zero attached hydrogens (tertiary/aromatic N) is 2. The van der Waals surface area contributed by atoms with E-state index in [1.165, 1.54) is 6.07 Å². The van der Waals surface area contributed by atoms with Crippen LogP contribution < -0.4 is 5.32 Å². The first-order chi connectivity index (χ1) is 10.5. The van der Waals surface area contributed by atoms with Gasteiger partial charge in [0.15, 0.2) is 11.6 Å². The number of hydrogen-bond donors (Lipinski definition) is 2. The summed E-state index contributed by atoms with van der Waals surface area (Å²) < 4.78 is 13.8. The molecule has 0 saturated carbocycles. The van der Waals surface area contributed by atoms with Crippen LogP contribution in [0.15, 0.2) is 24.8 Å². The average Bonchev–Trinajstić information content (AvgIpc) is 2.52. The fourth-order valence-corrected chi connectivity index (χ4v) is 2.77. The molecular formula is C15H20FN3O3. The zero-order valence-corrected chi connectivity index (χ0v) is 12.3. The Hall–Kier alpha value is -1.99. The molecule has 0 spiro atoms. The molecular weight excluding hydrogens is 289 g/mol. The second kappa shape index (κ2) is 7.33. The highest BCUT2D eigenvalue weighted by Crippen LogP contribution is 2.37. The van der Waals surface area contributed by atoms with Gasteiger partial charge in [-0.15, -0.1) is 6.58 Å². The Balaban J connectivity index is 2.40. The molecule has 6 nitrogen and oxygen atoms in total. The molecule has 1 heterocycles. The zero-order valence-electron chi connectivity index (χ0n) is 12.3. The maximum Gasteiger partial charge on any atom is 0.272 e. The maximum atomic E-state index is 13.8. The molecule has 0 bridgehead atoms. The van der Waals surface area contributed by atoms with Gasteiger partial charge in [-0.3, -0.25) is 15.0 Å². The van der Waals surface area contributed by atoms with Crippen molar-refractivity contribution >= 4 is 5.69 Å². The third kappa shape index (κ3) is 3.61. The van der Waals surface area contributed by atoms with Gasteiger partial charge in [0.25, 0.3) is 5.69 Å². The predicted molar refractivity (Wildman–Crippen MR) is 81.3 cm³/mol. The maximum absolute atomic E-state index is 13.8. The minimum absolute atomic E-state index is 0.269. The van der Waals surface area contributed by atoms with Gasteiger partial charge in [0.05, 0.1) is 11.0 Å². The van der Waals surface area contributed by atoms with Gasteiger partial charge in [0.2, 0.25) is 0 Å². The monoisotopic (exact) mass is 309 g/mol. The van der Waals surface area contributed by atoms with E-state index < -0.39 is 16.5 Å². The van der Waals surface area contributed by atoms with Crippen LogP contribution in [-0.2, 0) is 0 Å². The van der Waals surface area contributed by atoms with Gasteiger partial charge in [-0.05, 0) is 12.8 Å². The van der Waals surface area contributed by atoms with Gasteiger partial charge in [0, 0.05) is 43.9 Å². The third-order valence-electron chi connectivity index (χ3n) is 3.88. The SMILES string of the molecule is C=CCC[C@@H](c1cc([N+](=O)[O-])cc(F)c1O)N1CCNCC1. The number of phenols is 1. The van der Waals surface area contributed by atoms with Crippen molar-refractivity contribution in [2.75, 3.05) is 26.2 Å². The van der Waals surface area contributed by atoms with Crippen molar-refractivity contribution in [1.82, 2.24) is 10.2 Å². The number of nitro benzene ring substituents is 1. The lowest BCUT2D eigenvalue weighted by molar-refractivity contribution is -0.385. The molecule has 0 amide bonds. The van der Waals surface area contributed by atoms with Crippen LogP contribution in [0.5, 0.6) is 5.75 Å². The second-order valence-electron chi connectivity index (χ2n) is 5.29. The first-order valence-electron chi connectivity index (χ1n) is 7.27. The van der Waals surface area contributed by atoms with Crippen molar-refractivity contribution in [2.45, 2.75) is 18.9 Å². The quantitative estimate of drug-likeness (QED) is 0.479. The predicted octanol–water partition coefficient (Wildman–Crippen LogP) is 2.35. The van der Waals surface area contributed by atoms with Crippen LogP contribution in [0.3, 0.4) is 0 Å². The van der Waals surface area contributed by atoms with Crippen molar-refractivity contribution in [3.05, 3.63) is 46.3 Å². The van der Waals surface area contributed by atoms with Crippen LogP contribution >= 0.6 is 0 Å². The molecule has 1 aromatic rings. The number of nitro groups is 1. The summed E-state index contributed by atoms with van der Waals surface area (Å²) in [5.41, 5.74) is -0.0699. The van der Waals surface area contributed by atoms with Gasteiger partial charge in [-0.25, -0.2) is 4.39 Å². The molecule has 1 fully saturated rings. The van der Waals surface area contributed by atoms with E-state index in [1.54, 1.807) is 6.08 Å². The summed E-state index contributed by atoms with van der Waals surface area (Å²) in [4.78, 5) is 12.4. The number of nitrogens with one attached hydrogen (secondary N) is 1. The van der Waals surface area contributed by atoms with Gasteiger partial charge in [0.1, 0.15) is 0 Å². The standard InChI is InChI=1S/C15H20FN3O3/c1-2-3-4-14(18-7-5-17-6-8-18)12-9-11(19(21)22)10-13(16)15(12)20/h2,9-10,14,17,20H,1,3-8H2/t14-/m0/s1. The number of halogens is 1. The van der Waals surface area contributed by atoms with Crippen molar-refractivity contribution in [3.8, 4) is 5.75 Å². The molecule has 0 radical (unpaired) electrons. The summed E-state index contributed by atoms with van der Waals surface area (Å²) in [6.45, 7) is 6.75. The number of rotatable bonds is 6. The Morgan fingerprint density at radius 1 is 1.50 bits per heavy atom. The molecule has 0 unspecified atom stereocenters. The molecule has 2 N–H and O–H groups in total. The average molecular weight is 309 g/mol. The van der Waals surface area contributed by atoms with Crippen LogP contribution in [0.2, 0.25) is 0 Å². The lowest BCUT2D eigenvalue weighted by atomic mass is 9.97. The van der Waals surface area contributed by atoms with E-state index in [2.05, 4.69) is 16.8 Å². The van der Waals surface area contributed by atoms with Crippen LogP contribution in [-0.4, -0.2) is 41.1 Å². The van der Waals surface area contributed by atoms with Crippen LogP contribution in [0.4, 0.5) is 10.1 Å². The van der Waals surface area contributed by atoms with Gasteiger partial charge in [-0.2, -0.15) is 0 Å². The number of phenolic OH excluding ortho intramolecular Hbond substituents is 1. The highest BCUT2D eigenvalue weighted by molar-refractivity contribution is 5.46. The molecule has 1 saturated heterocycles. The molecule has 1 aromatic carbocycles. The van der Waals surface area contributed by atoms with Gasteiger partial charge < -0.3 is 10.4 Å². The van der Waals surface area contributed by atoms with E-state index in [-0.39, 0.29) is 17.3 Å². The molecule has 1 aliphatic rings. The van der Waals surface area contributed by atoms with Gasteiger partial charge in [-0.1, -0.05) is 6.08 Å². The summed E-state index contributed by atoms with van der Waals surface area (Å²) in [7, 11) is 0. The Morgan fingerprint density at radius 3 is 2.77 bits per heavy atom. The van der Waals surface area contributed by atoms with Crippen LogP contribution in [0, 0.1) is 15.9 Å². The number of non-ortho nitro benzene ring substituents is 1. The van der Waals surface area contributed by atoms with E-state index in [4.69, 9.17) is 0 Å². The first kappa shape index (κ1) is 16.4. The lowest BCUT2D eigenvalue weighted by Crippen LogP contribution is -2.45. The Kier molecular flexibility index (Phi) is 5.46. The molecule has 7 heteroatoms. The van der Waals surface area contributed by atoms with Gasteiger partial charge >= 0.3 is 0 Å². The Bertz CT molecular complexity index is 559. The summed E-state index contributed by atoms with van der Waals surface area (Å²) in [6.07, 6.45) is 3.05. The molecule has 22 heavy (non-hydrogen) atoms. The van der Waals surface area contributed by atoms with Crippen molar-refractivity contribution in [3.63, 3.8) is 0 Å². The summed E-state index contributed by atoms with van der Waals surface area (Å²) in [6, 6.07) is 1.75. The molecule has 1 atom stereocenters. The number of hydrogen-bond acceptors (Lipinski definition) is 5. The smallest absolute Gasteiger partial charge is 0.272 e.